The molecule has 0 aromatic rings. The Morgan fingerprint density at radius 1 is 0.767 bits per heavy atom. The van der Waals surface area contributed by atoms with Gasteiger partial charge in [-0.25, -0.2) is 9.13 Å². The van der Waals surface area contributed by atoms with Crippen LogP contribution >= 0.6 is 36.4 Å². The smallest absolute Gasteiger partial charge is 0.317 e. The maximum absolute atomic E-state index is 10.7. The maximum atomic E-state index is 10.7. The zero-order valence-corrected chi connectivity index (χ0v) is 21.9. The van der Waals surface area contributed by atoms with Crippen molar-refractivity contribution in [2.75, 3.05) is 44.7 Å². The Balaban J connectivity index is 3.40. The number of nitrogens with zero attached hydrogens (tertiary/aromatic N) is 1. The summed E-state index contributed by atoms with van der Waals surface area (Å²) < 4.78 is 21.4. The van der Waals surface area contributed by atoms with E-state index in [1.54, 1.807) is 0 Å². The van der Waals surface area contributed by atoms with E-state index in [1.165, 1.54) is 25.7 Å². The Labute approximate surface area is 190 Å². The Morgan fingerprint density at radius 3 is 1.93 bits per heavy atom. The fourth-order valence-corrected chi connectivity index (χ4v) is 6.22. The monoisotopic (exact) mass is 508 g/mol. The predicted molar refractivity (Wildman–Crippen MR) is 130 cm³/mol. The summed E-state index contributed by atoms with van der Waals surface area (Å²) >= 11 is 1.45. The third-order valence-electron chi connectivity index (χ3n) is 4.77. The van der Waals surface area contributed by atoms with Crippen LogP contribution in [0.5, 0.6) is 0 Å². The molecular weight excluding hydrogens is 466 g/mol. The molecule has 0 saturated carbocycles. The van der Waals surface area contributed by atoms with Gasteiger partial charge in [0.05, 0.1) is 0 Å². The summed E-state index contributed by atoms with van der Waals surface area (Å²) in [6.45, 7) is -1.83. The highest BCUT2D eigenvalue weighted by Gasteiger charge is 2.13. The van der Waals surface area contributed by atoms with E-state index in [-0.39, 0.29) is 0 Å². The van der Waals surface area contributed by atoms with Crippen LogP contribution in [-0.4, -0.2) is 69.2 Å². The number of hydrogen-bond acceptors (Lipinski definition) is 6. The molecule has 0 rings (SSSR count). The molecule has 0 bridgehead atoms. The topological polar surface area (TPSA) is 130 Å². The van der Waals surface area contributed by atoms with E-state index in [0.29, 0.717) is 35.4 Å². The lowest BCUT2D eigenvalue weighted by Gasteiger charge is -2.17. The van der Waals surface area contributed by atoms with Gasteiger partial charge in [0.1, 0.15) is 0 Å². The first-order chi connectivity index (χ1) is 14.0. The Hall–Kier alpha value is 0.920. The third kappa shape index (κ3) is 25.2. The first-order valence-corrected chi connectivity index (χ1v) is 17.2. The van der Waals surface area contributed by atoms with Gasteiger partial charge in [0.15, 0.2) is 0 Å². The van der Waals surface area contributed by atoms with Crippen molar-refractivity contribution in [2.24, 2.45) is 5.92 Å². The van der Waals surface area contributed by atoms with Crippen molar-refractivity contribution < 1.29 is 28.7 Å². The van der Waals surface area contributed by atoms with Crippen molar-refractivity contribution in [2.45, 2.75) is 64.7 Å². The molecule has 0 aliphatic heterocycles. The molecule has 0 amide bonds. The summed E-state index contributed by atoms with van der Waals surface area (Å²) in [6, 6.07) is 0. The van der Waals surface area contributed by atoms with Gasteiger partial charge in [-0.1, -0.05) is 32.6 Å². The first kappa shape index (κ1) is 30.9. The second-order valence-electron chi connectivity index (χ2n) is 7.86. The molecule has 1 atom stereocenters. The number of hydrogen-bond donors (Lipinski definition) is 5. The van der Waals surface area contributed by atoms with Gasteiger partial charge < -0.3 is 29.8 Å². The van der Waals surface area contributed by atoms with Gasteiger partial charge in [-0.3, -0.25) is 0 Å². The van der Waals surface area contributed by atoms with E-state index in [9.17, 15) is 9.13 Å². The van der Waals surface area contributed by atoms with Crippen LogP contribution in [0.1, 0.15) is 64.7 Å². The lowest BCUT2D eigenvalue weighted by atomic mass is 9.98. The molecular formula is C18H42N2O6P2S2. The molecule has 0 spiro atoms. The summed E-state index contributed by atoms with van der Waals surface area (Å²) in [4.78, 5) is 37.4. The maximum Gasteiger partial charge on any atom is 0.384 e. The predicted octanol–water partition coefficient (Wildman–Crippen LogP) is 4.31. The molecule has 0 aliphatic rings. The number of nitrogens with one attached hydrogen (secondary N) is 1. The Morgan fingerprint density at radius 2 is 1.30 bits per heavy atom. The SMILES string of the molecule is CC(CCCCN(C)CCCCCCSP(=O)(O)O)CCCNCCSP(=O)(O)O. The van der Waals surface area contributed by atoms with Gasteiger partial charge in [-0.15, -0.1) is 0 Å². The van der Waals surface area contributed by atoms with Crippen LogP contribution in [-0.2, 0) is 9.13 Å². The minimum absolute atomic E-state index is 0.434. The largest absolute Gasteiger partial charge is 0.384 e. The van der Waals surface area contributed by atoms with E-state index in [0.717, 1.165) is 63.1 Å². The zero-order valence-electron chi connectivity index (χ0n) is 18.4. The number of rotatable bonds is 21. The van der Waals surface area contributed by atoms with Crippen LogP contribution in [0.3, 0.4) is 0 Å². The normalized spacial score (nSPS) is 13.8. The molecule has 30 heavy (non-hydrogen) atoms. The van der Waals surface area contributed by atoms with Crippen molar-refractivity contribution >= 4 is 36.4 Å². The molecule has 0 aromatic heterocycles. The van der Waals surface area contributed by atoms with E-state index in [2.05, 4.69) is 24.2 Å². The molecule has 8 nitrogen and oxygen atoms in total. The molecule has 0 saturated heterocycles. The summed E-state index contributed by atoms with van der Waals surface area (Å²) in [6.07, 6.45) is 10.1. The molecule has 0 heterocycles. The highest BCUT2D eigenvalue weighted by molar-refractivity contribution is 8.54. The molecule has 5 N–H and O–H groups in total. The van der Waals surface area contributed by atoms with Gasteiger partial charge in [0.2, 0.25) is 0 Å². The Kier molecular flexibility index (Phi) is 18.9. The Bertz CT molecular complexity index is 463. The van der Waals surface area contributed by atoms with Gasteiger partial charge in [0.25, 0.3) is 0 Å². The van der Waals surface area contributed by atoms with E-state index in [4.69, 9.17) is 19.6 Å². The zero-order chi connectivity index (χ0) is 22.9. The lowest BCUT2D eigenvalue weighted by Crippen LogP contribution is -2.21. The quantitative estimate of drug-likeness (QED) is 0.113. The van der Waals surface area contributed by atoms with Gasteiger partial charge >= 0.3 is 13.6 Å². The van der Waals surface area contributed by atoms with Crippen LogP contribution in [0, 0.1) is 5.92 Å². The van der Waals surface area contributed by atoms with Crippen LogP contribution in [0.4, 0.5) is 0 Å². The summed E-state index contributed by atoms with van der Waals surface area (Å²) in [7, 11) is 2.16. The molecule has 182 valence electrons. The van der Waals surface area contributed by atoms with Crippen LogP contribution in [0.2, 0.25) is 0 Å². The first-order valence-electron chi connectivity index (χ1n) is 10.8. The lowest BCUT2D eigenvalue weighted by molar-refractivity contribution is 0.310. The van der Waals surface area contributed by atoms with Crippen LogP contribution in [0.25, 0.3) is 0 Å². The summed E-state index contributed by atoms with van der Waals surface area (Å²) in [5, 5.41) is 3.23. The van der Waals surface area contributed by atoms with Gasteiger partial charge in [-0.05, 0) is 87.5 Å². The van der Waals surface area contributed by atoms with E-state index >= 15 is 0 Å². The number of unbranched alkanes of at least 4 members (excludes halogenated alkanes) is 4. The third-order valence-corrected chi connectivity index (χ3v) is 9.41. The molecule has 0 radical (unpaired) electrons. The fraction of sp³-hybridized carbons (Fsp3) is 1.00. The minimum atomic E-state index is -3.93. The highest BCUT2D eigenvalue weighted by atomic mass is 32.7. The fourth-order valence-electron chi connectivity index (χ4n) is 3.09. The van der Waals surface area contributed by atoms with Gasteiger partial charge in [0, 0.05) is 18.1 Å². The van der Waals surface area contributed by atoms with Crippen molar-refractivity contribution in [1.29, 1.82) is 0 Å². The highest BCUT2D eigenvalue weighted by Crippen LogP contribution is 2.50. The van der Waals surface area contributed by atoms with Crippen molar-refractivity contribution in [1.82, 2.24) is 10.2 Å². The van der Waals surface area contributed by atoms with Crippen molar-refractivity contribution in [3.05, 3.63) is 0 Å². The van der Waals surface area contributed by atoms with E-state index in [1.807, 2.05) is 0 Å². The average Bonchev–Trinajstić information content (AvgIpc) is 2.62. The molecule has 12 heteroatoms. The van der Waals surface area contributed by atoms with Crippen molar-refractivity contribution in [3.63, 3.8) is 0 Å². The molecule has 1 unspecified atom stereocenters. The van der Waals surface area contributed by atoms with Crippen LogP contribution in [0.15, 0.2) is 0 Å². The average molecular weight is 509 g/mol. The second-order valence-corrected chi connectivity index (χ2v) is 15.6. The molecule has 0 aromatic carbocycles. The summed E-state index contributed by atoms with van der Waals surface area (Å²) in [5.41, 5.74) is 0. The van der Waals surface area contributed by atoms with Gasteiger partial charge in [-0.2, -0.15) is 0 Å². The standard InChI is InChI=1S/C18H42N2O6P2S2/c1-18(11-9-12-19-13-17-30-28(24,25)26)10-5-7-15-20(2)14-6-3-4-8-16-29-27(21,22)23/h18-19H,3-17H2,1-2H3,(H2,21,22,23)(H2,24,25,26). The van der Waals surface area contributed by atoms with Crippen LogP contribution < -0.4 is 5.32 Å². The molecule has 0 fully saturated rings. The minimum Gasteiger partial charge on any atom is -0.317 e. The van der Waals surface area contributed by atoms with Crippen molar-refractivity contribution in [3.8, 4) is 0 Å². The second kappa shape index (κ2) is 18.4. The summed E-state index contributed by atoms with van der Waals surface area (Å²) in [5.74, 6) is 1.67. The van der Waals surface area contributed by atoms with E-state index < -0.39 is 13.6 Å². The molecule has 0 aliphatic carbocycles.